The molecule has 3 rings (SSSR count). The van der Waals surface area contributed by atoms with Crippen LogP contribution in [0.5, 0.6) is 0 Å². The number of nitrogens with two attached hydrogens (primary N) is 2. The summed E-state index contributed by atoms with van der Waals surface area (Å²) in [5.74, 6) is 4.89. The van der Waals surface area contributed by atoms with Crippen LogP contribution < -0.4 is 22.3 Å². The molecule has 0 spiro atoms. The molecule has 24 heavy (non-hydrogen) atoms. The molecule has 6 nitrogen and oxygen atoms in total. The van der Waals surface area contributed by atoms with E-state index >= 15 is 0 Å². The van der Waals surface area contributed by atoms with Crippen molar-refractivity contribution < 1.29 is 9.59 Å². The third-order valence-electron chi connectivity index (χ3n) is 4.26. The van der Waals surface area contributed by atoms with Crippen LogP contribution >= 0.6 is 0 Å². The maximum Gasteiger partial charge on any atom is 0.196 e. The zero-order chi connectivity index (χ0) is 17.3. The molecule has 0 aromatic heterocycles. The Bertz CT molecular complexity index is 830. The third-order valence-corrected chi connectivity index (χ3v) is 4.26. The van der Waals surface area contributed by atoms with Crippen molar-refractivity contribution in [1.82, 2.24) is 5.43 Å². The largest absolute Gasteiger partial charge is 0.398 e. The minimum Gasteiger partial charge on any atom is -0.398 e. The van der Waals surface area contributed by atoms with Crippen molar-refractivity contribution in [2.75, 3.05) is 24.1 Å². The summed E-state index contributed by atoms with van der Waals surface area (Å²) >= 11 is 0. The highest BCUT2D eigenvalue weighted by atomic mass is 16.1. The van der Waals surface area contributed by atoms with Crippen molar-refractivity contribution >= 4 is 22.9 Å². The lowest BCUT2D eigenvalue weighted by Crippen LogP contribution is -2.26. The van der Waals surface area contributed by atoms with Gasteiger partial charge in [-0.3, -0.25) is 20.9 Å². The second-order valence-corrected chi connectivity index (χ2v) is 5.84. The van der Waals surface area contributed by atoms with Gasteiger partial charge in [0.1, 0.15) is 0 Å². The van der Waals surface area contributed by atoms with Gasteiger partial charge in [0.15, 0.2) is 11.6 Å². The Kier molecular flexibility index (Phi) is 4.33. The Morgan fingerprint density at radius 3 is 2.25 bits per heavy atom. The van der Waals surface area contributed by atoms with Crippen LogP contribution in [0.2, 0.25) is 0 Å². The lowest BCUT2D eigenvalue weighted by molar-refractivity contribution is 0.0980. The van der Waals surface area contributed by atoms with Gasteiger partial charge >= 0.3 is 0 Å². The van der Waals surface area contributed by atoms with Crippen LogP contribution in [-0.2, 0) is 0 Å². The third kappa shape index (κ3) is 2.55. The van der Waals surface area contributed by atoms with Crippen LogP contribution in [0.25, 0.3) is 0 Å². The maximum absolute atomic E-state index is 12.9. The first-order chi connectivity index (χ1) is 11.6. The molecule has 124 valence electrons. The minimum absolute atomic E-state index is 0.175. The number of carbonyl (C=O) groups excluding carboxylic acids is 2. The fourth-order valence-electron chi connectivity index (χ4n) is 3.01. The van der Waals surface area contributed by atoms with E-state index in [1.165, 1.54) is 0 Å². The number of anilines is 2. The van der Waals surface area contributed by atoms with E-state index in [1.807, 2.05) is 13.0 Å². The van der Waals surface area contributed by atoms with E-state index in [9.17, 15) is 9.59 Å². The summed E-state index contributed by atoms with van der Waals surface area (Å²) in [5.41, 5.74) is 12.0. The molecular weight excluding hydrogens is 304 g/mol. The van der Waals surface area contributed by atoms with Crippen LogP contribution in [0.3, 0.4) is 0 Å². The molecule has 0 heterocycles. The van der Waals surface area contributed by atoms with Gasteiger partial charge in [0.25, 0.3) is 0 Å². The highest BCUT2D eigenvalue weighted by Crippen LogP contribution is 2.37. The smallest absolute Gasteiger partial charge is 0.196 e. The zero-order valence-electron chi connectivity index (χ0n) is 13.5. The van der Waals surface area contributed by atoms with Crippen molar-refractivity contribution in [3.63, 3.8) is 0 Å². The summed E-state index contributed by atoms with van der Waals surface area (Å²) in [5, 5.41) is 3.23. The van der Waals surface area contributed by atoms with Crippen LogP contribution in [0.15, 0.2) is 30.3 Å². The van der Waals surface area contributed by atoms with Gasteiger partial charge in [0.2, 0.25) is 0 Å². The van der Waals surface area contributed by atoms with Crippen LogP contribution in [0.1, 0.15) is 43.8 Å². The van der Waals surface area contributed by atoms with Crippen LogP contribution in [0, 0.1) is 6.92 Å². The first-order valence-corrected chi connectivity index (χ1v) is 7.85. The Hall–Kier alpha value is -2.70. The standard InChI is InChI=1S/C18H20N4O2/c1-10-9-13(21-7-4-8-22-20)14-15(16(10)19)18(24)12-6-3-2-5-11(12)17(14)23/h2-3,5-6,9,21-22H,4,7-8,19-20H2,1H3. The quantitative estimate of drug-likeness (QED) is 0.246. The van der Waals surface area contributed by atoms with Gasteiger partial charge in [0.05, 0.1) is 11.1 Å². The van der Waals surface area contributed by atoms with E-state index < -0.39 is 0 Å². The van der Waals surface area contributed by atoms with E-state index in [1.54, 1.807) is 24.3 Å². The van der Waals surface area contributed by atoms with Gasteiger partial charge < -0.3 is 11.1 Å². The van der Waals surface area contributed by atoms with Gasteiger partial charge in [-0.05, 0) is 25.0 Å². The fourth-order valence-corrected chi connectivity index (χ4v) is 3.01. The second-order valence-electron chi connectivity index (χ2n) is 5.84. The predicted octanol–water partition coefficient (Wildman–Crippen LogP) is 1.62. The number of benzene rings is 2. The normalized spacial score (nSPS) is 12.8. The SMILES string of the molecule is Cc1cc(NCCCNN)c2c(c1N)C(=O)c1ccccc1C2=O. The second kappa shape index (κ2) is 6.43. The number of rotatable bonds is 5. The molecule has 2 aromatic rings. The molecule has 0 fully saturated rings. The number of fused-ring (bicyclic) bond motifs is 2. The zero-order valence-corrected chi connectivity index (χ0v) is 13.5. The Labute approximate surface area is 140 Å². The first kappa shape index (κ1) is 16.2. The van der Waals surface area contributed by atoms with Crippen molar-refractivity contribution in [3.05, 3.63) is 58.1 Å². The number of nitrogen functional groups attached to an aromatic ring is 1. The molecule has 0 saturated carbocycles. The fraction of sp³-hybridized carbons (Fsp3) is 0.222. The Morgan fingerprint density at radius 1 is 1.00 bits per heavy atom. The molecule has 0 radical (unpaired) electrons. The molecule has 0 bridgehead atoms. The Balaban J connectivity index is 2.10. The first-order valence-electron chi connectivity index (χ1n) is 7.85. The number of nitrogens with one attached hydrogen (secondary N) is 2. The number of hydrogen-bond donors (Lipinski definition) is 4. The van der Waals surface area contributed by atoms with E-state index in [0.717, 1.165) is 12.0 Å². The highest BCUT2D eigenvalue weighted by Gasteiger charge is 2.33. The predicted molar refractivity (Wildman–Crippen MR) is 94.2 cm³/mol. The molecule has 6 heteroatoms. The monoisotopic (exact) mass is 324 g/mol. The van der Waals surface area contributed by atoms with Crippen molar-refractivity contribution in [2.45, 2.75) is 13.3 Å². The molecule has 1 aliphatic rings. The molecule has 0 aliphatic heterocycles. The summed E-state index contributed by atoms with van der Waals surface area (Å²) < 4.78 is 0. The molecule has 0 amide bonds. The number of hydrazine groups is 1. The number of ketones is 2. The lowest BCUT2D eigenvalue weighted by Gasteiger charge is -2.23. The Morgan fingerprint density at radius 2 is 1.62 bits per heavy atom. The van der Waals surface area contributed by atoms with Gasteiger partial charge in [-0.2, -0.15) is 0 Å². The summed E-state index contributed by atoms with van der Waals surface area (Å²) in [6.07, 6.45) is 0.785. The molecule has 0 unspecified atom stereocenters. The number of hydrogen-bond acceptors (Lipinski definition) is 6. The molecule has 2 aromatic carbocycles. The van der Waals surface area contributed by atoms with Crippen molar-refractivity contribution in [2.24, 2.45) is 5.84 Å². The number of carbonyl (C=O) groups is 2. The van der Waals surface area contributed by atoms with Crippen molar-refractivity contribution in [3.8, 4) is 0 Å². The van der Waals surface area contributed by atoms with E-state index in [0.29, 0.717) is 46.7 Å². The van der Waals surface area contributed by atoms with E-state index in [4.69, 9.17) is 11.6 Å². The molecule has 0 saturated heterocycles. The van der Waals surface area contributed by atoms with Crippen LogP contribution in [-0.4, -0.2) is 24.7 Å². The lowest BCUT2D eigenvalue weighted by atomic mass is 9.81. The average molecular weight is 324 g/mol. The highest BCUT2D eigenvalue weighted by molar-refractivity contribution is 6.32. The average Bonchev–Trinajstić information content (AvgIpc) is 2.59. The van der Waals surface area contributed by atoms with E-state index in [2.05, 4.69) is 10.7 Å². The van der Waals surface area contributed by atoms with E-state index in [-0.39, 0.29) is 11.6 Å². The van der Waals surface area contributed by atoms with Gasteiger partial charge in [-0.1, -0.05) is 24.3 Å². The summed E-state index contributed by atoms with van der Waals surface area (Å²) in [6, 6.07) is 8.67. The molecule has 6 N–H and O–H groups in total. The van der Waals surface area contributed by atoms with Gasteiger partial charge in [-0.15, -0.1) is 0 Å². The van der Waals surface area contributed by atoms with Gasteiger partial charge in [-0.25, -0.2) is 0 Å². The molecule has 1 aliphatic carbocycles. The number of aryl methyl sites for hydroxylation is 1. The maximum atomic E-state index is 12.9. The topological polar surface area (TPSA) is 110 Å². The summed E-state index contributed by atoms with van der Waals surface area (Å²) in [4.78, 5) is 25.8. The summed E-state index contributed by atoms with van der Waals surface area (Å²) in [6.45, 7) is 3.11. The molecule has 0 atom stereocenters. The molecular formula is C18H20N4O2. The van der Waals surface area contributed by atoms with Crippen molar-refractivity contribution in [1.29, 1.82) is 0 Å². The van der Waals surface area contributed by atoms with Gasteiger partial charge in [0, 0.05) is 35.6 Å². The summed E-state index contributed by atoms with van der Waals surface area (Å²) in [7, 11) is 0. The van der Waals surface area contributed by atoms with Crippen LogP contribution in [0.4, 0.5) is 11.4 Å². The minimum atomic E-state index is -0.201.